The number of nitrogens with one attached hydrogen (secondary N) is 1. The van der Waals surface area contributed by atoms with Gasteiger partial charge in [0.05, 0.1) is 24.5 Å². The van der Waals surface area contributed by atoms with Crippen molar-refractivity contribution in [2.75, 3.05) is 18.0 Å². The van der Waals surface area contributed by atoms with E-state index in [4.69, 9.17) is 0 Å². The number of anilines is 1. The minimum absolute atomic E-state index is 0.0189. The lowest BCUT2D eigenvalue weighted by molar-refractivity contribution is -0.126. The predicted octanol–water partition coefficient (Wildman–Crippen LogP) is 3.31. The predicted molar refractivity (Wildman–Crippen MR) is 125 cm³/mol. The molecule has 6 nitrogen and oxygen atoms in total. The molecule has 3 aromatic rings. The second-order valence-electron chi connectivity index (χ2n) is 8.76. The van der Waals surface area contributed by atoms with Gasteiger partial charge in [0, 0.05) is 25.1 Å². The normalized spacial score (nSPS) is 18.4. The van der Waals surface area contributed by atoms with Crippen LogP contribution in [0.5, 0.6) is 0 Å². The summed E-state index contributed by atoms with van der Waals surface area (Å²) in [4.78, 5) is 27.6. The number of nitrogens with zero attached hydrogens (tertiary/aromatic N) is 3. The third kappa shape index (κ3) is 4.31. The maximum Gasteiger partial charge on any atom is 0.269 e. The Bertz CT molecular complexity index is 1150. The molecule has 6 heteroatoms. The smallest absolute Gasteiger partial charge is 0.269 e. The van der Waals surface area contributed by atoms with Crippen molar-refractivity contribution in [1.29, 1.82) is 0 Å². The van der Waals surface area contributed by atoms with Gasteiger partial charge in [0.1, 0.15) is 0 Å². The van der Waals surface area contributed by atoms with Gasteiger partial charge in [0.2, 0.25) is 5.91 Å². The molecule has 1 amide bonds. The molecule has 1 unspecified atom stereocenters. The van der Waals surface area contributed by atoms with Crippen LogP contribution in [-0.4, -0.2) is 28.8 Å². The van der Waals surface area contributed by atoms with Crippen LogP contribution in [0.4, 0.5) is 5.69 Å². The average molecular weight is 429 g/mol. The van der Waals surface area contributed by atoms with Crippen LogP contribution >= 0.6 is 0 Å². The van der Waals surface area contributed by atoms with E-state index < -0.39 is 0 Å². The highest BCUT2D eigenvalue weighted by atomic mass is 16.2. The van der Waals surface area contributed by atoms with Crippen LogP contribution in [0.25, 0.3) is 0 Å². The van der Waals surface area contributed by atoms with Gasteiger partial charge in [0.15, 0.2) is 0 Å². The number of rotatable bonds is 5. The number of fused-ring (bicyclic) bond motifs is 1. The molecule has 0 spiro atoms. The Morgan fingerprint density at radius 1 is 1.00 bits per heavy atom. The van der Waals surface area contributed by atoms with Crippen LogP contribution in [0.2, 0.25) is 0 Å². The van der Waals surface area contributed by atoms with Crippen LogP contribution in [0, 0.1) is 5.92 Å². The largest absolute Gasteiger partial charge is 0.370 e. The zero-order valence-corrected chi connectivity index (χ0v) is 18.1. The first-order chi connectivity index (χ1) is 15.7. The molecule has 2 aliphatic rings. The van der Waals surface area contributed by atoms with Crippen molar-refractivity contribution in [3.63, 3.8) is 0 Å². The number of aromatic nitrogens is 2. The van der Waals surface area contributed by atoms with Gasteiger partial charge in [-0.2, -0.15) is 5.10 Å². The number of carbonyl (C=O) groups is 1. The third-order valence-corrected chi connectivity index (χ3v) is 6.71. The maximum absolute atomic E-state index is 12.9. The van der Waals surface area contributed by atoms with Crippen molar-refractivity contribution in [2.24, 2.45) is 5.92 Å². The molecular formula is C26H28N4O2. The highest BCUT2D eigenvalue weighted by molar-refractivity contribution is 5.79. The van der Waals surface area contributed by atoms with E-state index in [9.17, 15) is 9.59 Å². The molecule has 32 heavy (non-hydrogen) atoms. The third-order valence-electron chi connectivity index (χ3n) is 6.71. The molecule has 0 saturated carbocycles. The maximum atomic E-state index is 12.9. The molecule has 164 valence electrons. The molecule has 0 bridgehead atoms. The molecule has 0 radical (unpaired) electrons. The Morgan fingerprint density at radius 2 is 1.75 bits per heavy atom. The van der Waals surface area contributed by atoms with Crippen LogP contribution in [-0.2, 0) is 17.8 Å². The molecule has 1 aliphatic carbocycles. The van der Waals surface area contributed by atoms with Gasteiger partial charge < -0.3 is 10.2 Å². The van der Waals surface area contributed by atoms with E-state index >= 15 is 0 Å². The molecule has 2 heterocycles. The van der Waals surface area contributed by atoms with Gasteiger partial charge >= 0.3 is 0 Å². The van der Waals surface area contributed by atoms with E-state index in [0.717, 1.165) is 50.0 Å². The summed E-state index contributed by atoms with van der Waals surface area (Å²) >= 11 is 0. The quantitative estimate of drug-likeness (QED) is 0.677. The van der Waals surface area contributed by atoms with E-state index in [1.54, 1.807) is 12.3 Å². The first kappa shape index (κ1) is 20.5. The molecule has 1 N–H and O–H groups in total. The number of aryl methyl sites for hydroxylation is 1. The number of hydrogen-bond acceptors (Lipinski definition) is 4. The van der Waals surface area contributed by atoms with Crippen LogP contribution < -0.4 is 15.8 Å². The fourth-order valence-electron chi connectivity index (χ4n) is 4.87. The fourth-order valence-corrected chi connectivity index (χ4v) is 4.87. The van der Waals surface area contributed by atoms with E-state index in [1.807, 2.05) is 36.4 Å². The molecule has 5 rings (SSSR count). The Kier molecular flexibility index (Phi) is 5.75. The standard InChI is InChI=1S/C26H28N4O2/c31-25-16-22(17-27-30(25)18-19-6-2-1-3-7-19)29-14-12-21(13-15-29)26(32)28-24-11-10-20-8-4-5-9-23(20)24/h1-9,16-17,21,24H,10-15,18H2,(H,28,32). The summed E-state index contributed by atoms with van der Waals surface area (Å²) in [6.45, 7) is 1.97. The Labute approximate surface area is 187 Å². The summed E-state index contributed by atoms with van der Waals surface area (Å²) in [5.74, 6) is 0.174. The first-order valence-corrected chi connectivity index (χ1v) is 11.4. The summed E-state index contributed by atoms with van der Waals surface area (Å²) < 4.78 is 1.48. The van der Waals surface area contributed by atoms with Gasteiger partial charge in [-0.05, 0) is 42.4 Å². The van der Waals surface area contributed by atoms with Gasteiger partial charge in [-0.1, -0.05) is 54.6 Å². The summed E-state index contributed by atoms with van der Waals surface area (Å²) in [6.07, 6.45) is 5.35. The number of carbonyl (C=O) groups excluding carboxylic acids is 1. The summed E-state index contributed by atoms with van der Waals surface area (Å²) in [5.41, 5.74) is 4.39. The lowest BCUT2D eigenvalue weighted by Crippen LogP contribution is -2.41. The zero-order valence-electron chi connectivity index (χ0n) is 18.1. The Hall–Kier alpha value is -3.41. The van der Waals surface area contributed by atoms with E-state index in [-0.39, 0.29) is 23.4 Å². The lowest BCUT2D eigenvalue weighted by Gasteiger charge is -2.33. The topological polar surface area (TPSA) is 67.2 Å². The fraction of sp³-hybridized carbons (Fsp3) is 0.346. The summed E-state index contributed by atoms with van der Waals surface area (Å²) in [5, 5.41) is 7.65. The van der Waals surface area contributed by atoms with Crippen molar-refractivity contribution < 1.29 is 4.79 Å². The van der Waals surface area contributed by atoms with Gasteiger partial charge in [-0.15, -0.1) is 0 Å². The molecule has 1 fully saturated rings. The summed E-state index contributed by atoms with van der Waals surface area (Å²) in [6, 6.07) is 20.0. The summed E-state index contributed by atoms with van der Waals surface area (Å²) in [7, 11) is 0. The second-order valence-corrected chi connectivity index (χ2v) is 8.76. The minimum atomic E-state index is -0.105. The van der Waals surface area contributed by atoms with E-state index in [0.29, 0.717) is 6.54 Å². The SMILES string of the molecule is O=C(NC1CCc2ccccc21)C1CCN(c2cnn(Cc3ccccc3)c(=O)c2)CC1. The van der Waals surface area contributed by atoms with Crippen LogP contribution in [0.3, 0.4) is 0 Å². The molecule has 1 aliphatic heterocycles. The first-order valence-electron chi connectivity index (χ1n) is 11.4. The monoisotopic (exact) mass is 428 g/mol. The Balaban J connectivity index is 1.17. The molecule has 1 atom stereocenters. The molecular weight excluding hydrogens is 400 g/mol. The van der Waals surface area contributed by atoms with E-state index in [2.05, 4.69) is 33.5 Å². The second kappa shape index (κ2) is 8.99. The van der Waals surface area contributed by atoms with Crippen molar-refractivity contribution in [1.82, 2.24) is 15.1 Å². The van der Waals surface area contributed by atoms with E-state index in [1.165, 1.54) is 15.8 Å². The molecule has 1 saturated heterocycles. The van der Waals surface area contributed by atoms with Crippen molar-refractivity contribution in [2.45, 2.75) is 38.3 Å². The van der Waals surface area contributed by atoms with Crippen molar-refractivity contribution in [3.05, 3.63) is 93.9 Å². The van der Waals surface area contributed by atoms with Crippen molar-refractivity contribution >= 4 is 11.6 Å². The minimum Gasteiger partial charge on any atom is -0.370 e. The van der Waals surface area contributed by atoms with Crippen molar-refractivity contribution in [3.8, 4) is 0 Å². The number of piperidine rings is 1. The zero-order chi connectivity index (χ0) is 21.9. The molecule has 1 aromatic heterocycles. The van der Waals surface area contributed by atoms with Crippen LogP contribution in [0.15, 0.2) is 71.7 Å². The lowest BCUT2D eigenvalue weighted by atomic mass is 9.95. The van der Waals surface area contributed by atoms with Gasteiger partial charge in [-0.3, -0.25) is 9.59 Å². The molecule has 2 aromatic carbocycles. The number of amides is 1. The van der Waals surface area contributed by atoms with Crippen LogP contribution in [0.1, 0.15) is 42.0 Å². The average Bonchev–Trinajstić information content (AvgIpc) is 3.24. The number of benzene rings is 2. The van der Waals surface area contributed by atoms with Gasteiger partial charge in [-0.25, -0.2) is 4.68 Å². The highest BCUT2D eigenvalue weighted by Gasteiger charge is 2.29. The van der Waals surface area contributed by atoms with Gasteiger partial charge in [0.25, 0.3) is 5.56 Å². The highest BCUT2D eigenvalue weighted by Crippen LogP contribution is 2.31. The Morgan fingerprint density at radius 3 is 2.53 bits per heavy atom. The number of hydrogen-bond donors (Lipinski definition) is 1.